The van der Waals surface area contributed by atoms with Crippen molar-refractivity contribution in [2.75, 3.05) is 0 Å². The third-order valence-corrected chi connectivity index (χ3v) is 38.6. The Morgan fingerprint density at radius 3 is 1.42 bits per heavy atom. The maximum Gasteiger partial charge on any atom is 0.0914 e. The van der Waals surface area contributed by atoms with Crippen molar-refractivity contribution in [2.45, 2.75) is 54.7 Å². The standard InChI is InChI=1S/C15H29ISi3/c1-17(2,3)15(16,18(4,5)6)19(7,8)14-12-10-9-11-13-14/h9-13H,1-8H3. The van der Waals surface area contributed by atoms with E-state index < -0.39 is 24.2 Å². The van der Waals surface area contributed by atoms with Crippen LogP contribution in [0.3, 0.4) is 0 Å². The molecule has 0 atom stereocenters. The van der Waals surface area contributed by atoms with Gasteiger partial charge in [0, 0.05) is 2.29 Å². The third kappa shape index (κ3) is 2.96. The molecule has 0 aliphatic rings. The second kappa shape index (κ2) is 5.42. The van der Waals surface area contributed by atoms with Gasteiger partial charge in [-0.15, -0.1) is 0 Å². The van der Waals surface area contributed by atoms with Gasteiger partial charge in [0.25, 0.3) is 0 Å². The Bertz CT molecular complexity index is 413. The molecule has 4 heteroatoms. The number of benzene rings is 1. The molecule has 19 heavy (non-hydrogen) atoms. The summed E-state index contributed by atoms with van der Waals surface area (Å²) in [5, 5.41) is 1.63. The van der Waals surface area contributed by atoms with Crippen LogP contribution in [-0.4, -0.2) is 26.5 Å². The maximum atomic E-state index is 2.92. The molecule has 1 aromatic carbocycles. The lowest BCUT2D eigenvalue weighted by atomic mass is 10.4. The Labute approximate surface area is 136 Å². The summed E-state index contributed by atoms with van der Waals surface area (Å²) in [5.41, 5.74) is 0. The number of alkyl halides is 1. The molecule has 0 saturated carbocycles. The van der Waals surface area contributed by atoms with Crippen molar-refractivity contribution in [2.24, 2.45) is 0 Å². The summed E-state index contributed by atoms with van der Waals surface area (Å²) in [5.74, 6) is 0. The molecule has 0 aliphatic carbocycles. The van der Waals surface area contributed by atoms with Gasteiger partial charge in [0.15, 0.2) is 0 Å². The van der Waals surface area contributed by atoms with E-state index in [4.69, 9.17) is 0 Å². The van der Waals surface area contributed by atoms with Crippen molar-refractivity contribution in [1.82, 2.24) is 0 Å². The molecule has 0 radical (unpaired) electrons. The van der Waals surface area contributed by atoms with E-state index >= 15 is 0 Å². The topological polar surface area (TPSA) is 0 Å². The molecule has 0 bridgehead atoms. The molecule has 0 saturated heterocycles. The van der Waals surface area contributed by atoms with Crippen molar-refractivity contribution in [3.63, 3.8) is 0 Å². The molecule has 0 unspecified atom stereocenters. The summed E-state index contributed by atoms with van der Waals surface area (Å²) in [6, 6.07) is 11.3. The van der Waals surface area contributed by atoms with E-state index in [-0.39, 0.29) is 0 Å². The monoisotopic (exact) mass is 420 g/mol. The van der Waals surface area contributed by atoms with Crippen molar-refractivity contribution < 1.29 is 0 Å². The van der Waals surface area contributed by atoms with E-state index in [1.54, 1.807) is 5.19 Å². The van der Waals surface area contributed by atoms with E-state index in [2.05, 4.69) is 105 Å². The van der Waals surface area contributed by atoms with Crippen LogP contribution < -0.4 is 5.19 Å². The van der Waals surface area contributed by atoms with Crippen LogP contribution >= 0.6 is 22.6 Å². The van der Waals surface area contributed by atoms with Gasteiger partial charge in [0.2, 0.25) is 0 Å². The van der Waals surface area contributed by atoms with Crippen molar-refractivity contribution in [1.29, 1.82) is 0 Å². The van der Waals surface area contributed by atoms with E-state index in [0.717, 1.165) is 0 Å². The van der Waals surface area contributed by atoms with Crippen LogP contribution in [0.5, 0.6) is 0 Å². The molecule has 0 nitrogen and oxygen atoms in total. The van der Waals surface area contributed by atoms with Crippen molar-refractivity contribution in [3.05, 3.63) is 30.3 Å². The van der Waals surface area contributed by atoms with Gasteiger partial charge in [-0.1, -0.05) is 110 Å². The van der Waals surface area contributed by atoms with Gasteiger partial charge in [-0.2, -0.15) is 0 Å². The lowest BCUT2D eigenvalue weighted by Gasteiger charge is -2.56. The van der Waals surface area contributed by atoms with Gasteiger partial charge >= 0.3 is 0 Å². The first-order valence-corrected chi connectivity index (χ1v) is 18.2. The summed E-state index contributed by atoms with van der Waals surface area (Å²) in [6.45, 7) is 20.7. The Morgan fingerprint density at radius 2 is 1.11 bits per heavy atom. The number of rotatable bonds is 4. The average molecular weight is 421 g/mol. The molecular weight excluding hydrogens is 391 g/mol. The molecule has 108 valence electrons. The van der Waals surface area contributed by atoms with Gasteiger partial charge in [0.05, 0.1) is 24.2 Å². The molecule has 1 rings (SSSR count). The average Bonchev–Trinajstić information content (AvgIpc) is 2.26. The lowest BCUT2D eigenvalue weighted by Crippen LogP contribution is -2.78. The van der Waals surface area contributed by atoms with Crippen LogP contribution in [0.1, 0.15) is 0 Å². The third-order valence-electron chi connectivity index (χ3n) is 4.42. The molecule has 0 aliphatic heterocycles. The summed E-state index contributed by atoms with van der Waals surface area (Å²) in [4.78, 5) is 0. The summed E-state index contributed by atoms with van der Waals surface area (Å²) < 4.78 is 0.562. The van der Waals surface area contributed by atoms with Gasteiger partial charge in [-0.05, 0) is 0 Å². The zero-order valence-corrected chi connectivity index (χ0v) is 18.9. The molecule has 0 aromatic heterocycles. The second-order valence-corrected chi connectivity index (χ2v) is 29.4. The number of hydrogen-bond donors (Lipinski definition) is 0. The zero-order valence-electron chi connectivity index (χ0n) is 13.8. The Kier molecular flexibility index (Phi) is 5.04. The number of hydrogen-bond acceptors (Lipinski definition) is 0. The molecule has 0 spiro atoms. The first kappa shape index (κ1) is 17.7. The Morgan fingerprint density at radius 1 is 0.737 bits per heavy atom. The minimum Gasteiger partial charge on any atom is -0.0886 e. The van der Waals surface area contributed by atoms with E-state index in [0.29, 0.717) is 2.29 Å². The lowest BCUT2D eigenvalue weighted by molar-refractivity contribution is 1.34. The first-order valence-electron chi connectivity index (χ1n) is 7.10. The summed E-state index contributed by atoms with van der Waals surface area (Å²) >= 11 is 2.92. The normalized spacial score (nSPS) is 14.6. The Balaban J connectivity index is 3.51. The Hall–Kier alpha value is 0.601. The van der Waals surface area contributed by atoms with Crippen LogP contribution in [0.15, 0.2) is 30.3 Å². The summed E-state index contributed by atoms with van der Waals surface area (Å²) in [6.07, 6.45) is 0. The van der Waals surface area contributed by atoms with Gasteiger partial charge in [-0.3, -0.25) is 0 Å². The van der Waals surface area contributed by atoms with Crippen LogP contribution in [0, 0.1) is 0 Å². The van der Waals surface area contributed by atoms with Gasteiger partial charge in [-0.25, -0.2) is 0 Å². The highest BCUT2D eigenvalue weighted by Crippen LogP contribution is 2.46. The minimum absolute atomic E-state index is 0.562. The first-order chi connectivity index (χ1) is 8.36. The fourth-order valence-corrected chi connectivity index (χ4v) is 31.3. The largest absolute Gasteiger partial charge is 0.0914 e. The molecular formula is C15H29ISi3. The van der Waals surface area contributed by atoms with Crippen LogP contribution in [0.25, 0.3) is 0 Å². The van der Waals surface area contributed by atoms with E-state index in [9.17, 15) is 0 Å². The molecule has 0 N–H and O–H groups in total. The van der Waals surface area contributed by atoms with Crippen LogP contribution in [0.2, 0.25) is 52.4 Å². The van der Waals surface area contributed by atoms with Gasteiger partial charge < -0.3 is 0 Å². The van der Waals surface area contributed by atoms with E-state index in [1.807, 2.05) is 0 Å². The highest BCUT2D eigenvalue weighted by atomic mass is 127. The van der Waals surface area contributed by atoms with Crippen LogP contribution in [0.4, 0.5) is 0 Å². The highest BCUT2D eigenvalue weighted by molar-refractivity contribution is 14.1. The van der Waals surface area contributed by atoms with Crippen molar-refractivity contribution in [3.8, 4) is 0 Å². The van der Waals surface area contributed by atoms with Gasteiger partial charge in [0.1, 0.15) is 0 Å². The second-order valence-electron chi connectivity index (χ2n) is 8.15. The molecule has 0 heterocycles. The molecule has 0 fully saturated rings. The maximum absolute atomic E-state index is 2.92. The number of halogens is 1. The summed E-state index contributed by atoms with van der Waals surface area (Å²) in [7, 11) is -4.00. The van der Waals surface area contributed by atoms with Crippen LogP contribution in [-0.2, 0) is 0 Å². The quantitative estimate of drug-likeness (QED) is 0.362. The molecule has 0 amide bonds. The molecule has 1 aromatic rings. The van der Waals surface area contributed by atoms with Crippen molar-refractivity contribution >= 4 is 52.0 Å². The SMILES string of the molecule is C[Si](C)(C)C(I)([Si](C)(C)C)[Si](C)(C)c1ccccc1. The zero-order chi connectivity index (χ0) is 15.1. The fourth-order valence-electron chi connectivity index (χ4n) is 4.05. The predicted octanol–water partition coefficient (Wildman–Crippen LogP) is 5.07. The highest BCUT2D eigenvalue weighted by Gasteiger charge is 2.60. The smallest absolute Gasteiger partial charge is 0.0886 e. The minimum atomic E-state index is -1.49. The van der Waals surface area contributed by atoms with E-state index in [1.165, 1.54) is 0 Å². The predicted molar refractivity (Wildman–Crippen MR) is 107 cm³/mol. The fraction of sp³-hybridized carbons (Fsp3) is 0.600.